The molecule has 20 heavy (non-hydrogen) atoms. The Morgan fingerprint density at radius 3 is 2.60 bits per heavy atom. The van der Waals surface area contributed by atoms with Gasteiger partial charge in [-0.2, -0.15) is 9.97 Å². The van der Waals surface area contributed by atoms with Crippen molar-refractivity contribution in [2.75, 3.05) is 30.0 Å². The topological polar surface area (TPSA) is 85.1 Å². The maximum absolute atomic E-state index is 5.70. The quantitative estimate of drug-likeness (QED) is 0.776. The maximum atomic E-state index is 5.70. The molecule has 0 amide bonds. The van der Waals surface area contributed by atoms with Crippen molar-refractivity contribution in [3.63, 3.8) is 0 Å². The van der Waals surface area contributed by atoms with Crippen molar-refractivity contribution in [2.45, 2.75) is 13.8 Å². The number of benzene rings is 1. The van der Waals surface area contributed by atoms with E-state index in [2.05, 4.69) is 20.6 Å². The second-order valence-electron chi connectivity index (χ2n) is 4.34. The molecule has 1 aromatic carbocycles. The summed E-state index contributed by atoms with van der Waals surface area (Å²) in [5.41, 5.74) is 7.66. The van der Waals surface area contributed by atoms with Gasteiger partial charge in [-0.05, 0) is 37.6 Å². The zero-order chi connectivity index (χ0) is 14.5. The Bertz CT molecular complexity index is 600. The molecular formula is C14H19N5O. The van der Waals surface area contributed by atoms with Crippen LogP contribution in [-0.2, 0) is 0 Å². The third-order valence-electron chi connectivity index (χ3n) is 2.77. The summed E-state index contributed by atoms with van der Waals surface area (Å²) < 4.78 is 5.24. The number of nitrogens with two attached hydrogens (primary N) is 1. The van der Waals surface area contributed by atoms with Gasteiger partial charge in [-0.25, -0.2) is 0 Å². The van der Waals surface area contributed by atoms with E-state index in [0.717, 1.165) is 23.5 Å². The van der Waals surface area contributed by atoms with E-state index >= 15 is 0 Å². The van der Waals surface area contributed by atoms with E-state index in [4.69, 9.17) is 10.5 Å². The largest absolute Gasteiger partial charge is 0.496 e. The highest BCUT2D eigenvalue weighted by atomic mass is 16.5. The fraction of sp³-hybridized carbons (Fsp3) is 0.286. The van der Waals surface area contributed by atoms with Crippen molar-refractivity contribution in [1.29, 1.82) is 0 Å². The summed E-state index contributed by atoms with van der Waals surface area (Å²) in [6.07, 6.45) is 0. The Labute approximate surface area is 118 Å². The minimum atomic E-state index is 0.233. The van der Waals surface area contributed by atoms with Crippen LogP contribution in [0, 0.1) is 6.92 Å². The molecular weight excluding hydrogens is 254 g/mol. The summed E-state index contributed by atoms with van der Waals surface area (Å²) in [5.74, 6) is 2.44. The van der Waals surface area contributed by atoms with Crippen molar-refractivity contribution >= 4 is 23.3 Å². The Kier molecular flexibility index (Phi) is 4.24. The van der Waals surface area contributed by atoms with Gasteiger partial charge in [0, 0.05) is 18.3 Å². The van der Waals surface area contributed by atoms with Crippen LogP contribution in [0.5, 0.6) is 5.75 Å². The lowest BCUT2D eigenvalue weighted by atomic mass is 10.2. The Morgan fingerprint density at radius 1 is 1.20 bits per heavy atom. The van der Waals surface area contributed by atoms with Gasteiger partial charge in [0.2, 0.25) is 5.95 Å². The number of nitrogens with one attached hydrogen (secondary N) is 2. The lowest BCUT2D eigenvalue weighted by Crippen LogP contribution is -2.05. The minimum Gasteiger partial charge on any atom is -0.496 e. The monoisotopic (exact) mass is 273 g/mol. The molecule has 0 bridgehead atoms. The summed E-state index contributed by atoms with van der Waals surface area (Å²) in [6, 6.07) is 7.65. The summed E-state index contributed by atoms with van der Waals surface area (Å²) in [7, 11) is 1.66. The van der Waals surface area contributed by atoms with E-state index in [1.807, 2.05) is 38.1 Å². The van der Waals surface area contributed by atoms with Crippen LogP contribution in [0.1, 0.15) is 12.5 Å². The van der Waals surface area contributed by atoms with Crippen LogP contribution in [0.3, 0.4) is 0 Å². The van der Waals surface area contributed by atoms with E-state index in [1.165, 1.54) is 0 Å². The average molecular weight is 273 g/mol. The van der Waals surface area contributed by atoms with Crippen molar-refractivity contribution in [3.05, 3.63) is 29.8 Å². The molecule has 0 aliphatic heterocycles. The summed E-state index contributed by atoms with van der Waals surface area (Å²) in [6.45, 7) is 4.76. The minimum absolute atomic E-state index is 0.233. The van der Waals surface area contributed by atoms with E-state index in [1.54, 1.807) is 7.11 Å². The fourth-order valence-electron chi connectivity index (χ4n) is 1.91. The molecule has 106 valence electrons. The van der Waals surface area contributed by atoms with E-state index < -0.39 is 0 Å². The number of hydrogen-bond donors (Lipinski definition) is 3. The molecule has 0 aliphatic rings. The maximum Gasteiger partial charge on any atom is 0.223 e. The number of nitrogens with zero attached hydrogens (tertiary/aromatic N) is 2. The standard InChI is InChI=1S/C14H19N5O/c1-4-16-12-8-13(19-14(15)18-12)17-10-5-6-11(20-3)9(2)7-10/h5-8H,4H2,1-3H3,(H4,15,16,17,18,19). The number of aromatic nitrogens is 2. The zero-order valence-electron chi connectivity index (χ0n) is 11.9. The highest BCUT2D eigenvalue weighted by Crippen LogP contribution is 2.24. The van der Waals surface area contributed by atoms with E-state index in [9.17, 15) is 0 Å². The predicted octanol–water partition coefficient (Wildman–Crippen LogP) is 2.55. The molecule has 0 aliphatic carbocycles. The first-order valence-corrected chi connectivity index (χ1v) is 6.42. The van der Waals surface area contributed by atoms with Gasteiger partial charge in [-0.3, -0.25) is 0 Å². The van der Waals surface area contributed by atoms with Gasteiger partial charge in [-0.1, -0.05) is 0 Å². The number of rotatable bonds is 5. The molecule has 6 nitrogen and oxygen atoms in total. The first-order chi connectivity index (χ1) is 9.62. The molecule has 2 rings (SSSR count). The molecule has 4 N–H and O–H groups in total. The van der Waals surface area contributed by atoms with Crippen LogP contribution in [-0.4, -0.2) is 23.6 Å². The van der Waals surface area contributed by atoms with Crippen LogP contribution in [0.2, 0.25) is 0 Å². The molecule has 2 aromatic rings. The SMILES string of the molecule is CCNc1cc(Nc2ccc(OC)c(C)c2)nc(N)n1. The Morgan fingerprint density at radius 2 is 1.95 bits per heavy atom. The van der Waals surface area contributed by atoms with Gasteiger partial charge >= 0.3 is 0 Å². The molecule has 0 fully saturated rings. The predicted molar refractivity (Wildman–Crippen MR) is 81.6 cm³/mol. The van der Waals surface area contributed by atoms with Gasteiger partial charge in [0.15, 0.2) is 0 Å². The average Bonchev–Trinajstić information content (AvgIpc) is 2.38. The summed E-state index contributed by atoms with van der Waals surface area (Å²) in [4.78, 5) is 8.27. The smallest absolute Gasteiger partial charge is 0.223 e. The molecule has 0 spiro atoms. The van der Waals surface area contributed by atoms with E-state index in [0.29, 0.717) is 11.6 Å². The molecule has 0 saturated carbocycles. The van der Waals surface area contributed by atoms with Gasteiger partial charge in [0.05, 0.1) is 7.11 Å². The third-order valence-corrected chi connectivity index (χ3v) is 2.77. The highest BCUT2D eigenvalue weighted by Gasteiger charge is 2.04. The molecule has 0 unspecified atom stereocenters. The van der Waals surface area contributed by atoms with Crippen LogP contribution < -0.4 is 21.1 Å². The second kappa shape index (κ2) is 6.10. The van der Waals surface area contributed by atoms with Gasteiger partial charge in [-0.15, -0.1) is 0 Å². The summed E-state index contributed by atoms with van der Waals surface area (Å²) in [5, 5.41) is 6.32. The first kappa shape index (κ1) is 13.9. The van der Waals surface area contributed by atoms with Gasteiger partial charge < -0.3 is 21.1 Å². The normalized spacial score (nSPS) is 10.2. The van der Waals surface area contributed by atoms with Crippen molar-refractivity contribution in [2.24, 2.45) is 0 Å². The van der Waals surface area contributed by atoms with Crippen LogP contribution >= 0.6 is 0 Å². The lowest BCUT2D eigenvalue weighted by Gasteiger charge is -2.11. The molecule has 0 radical (unpaired) electrons. The van der Waals surface area contributed by atoms with Crippen molar-refractivity contribution in [3.8, 4) is 5.75 Å². The molecule has 6 heteroatoms. The zero-order valence-corrected chi connectivity index (χ0v) is 11.9. The second-order valence-corrected chi connectivity index (χ2v) is 4.34. The van der Waals surface area contributed by atoms with Crippen LogP contribution in [0.4, 0.5) is 23.3 Å². The summed E-state index contributed by atoms with van der Waals surface area (Å²) >= 11 is 0. The van der Waals surface area contributed by atoms with Crippen molar-refractivity contribution in [1.82, 2.24) is 9.97 Å². The molecule has 1 heterocycles. The Hall–Kier alpha value is -2.50. The lowest BCUT2D eigenvalue weighted by molar-refractivity contribution is 0.412. The Balaban J connectivity index is 2.23. The number of ether oxygens (including phenoxy) is 1. The fourth-order valence-corrected chi connectivity index (χ4v) is 1.91. The number of anilines is 4. The first-order valence-electron chi connectivity index (χ1n) is 6.42. The molecule has 0 atom stereocenters. The number of methoxy groups -OCH3 is 1. The van der Waals surface area contributed by atoms with Crippen molar-refractivity contribution < 1.29 is 4.74 Å². The highest BCUT2D eigenvalue weighted by molar-refractivity contribution is 5.62. The number of nitrogen functional groups attached to an aromatic ring is 1. The number of hydrogen-bond acceptors (Lipinski definition) is 6. The van der Waals surface area contributed by atoms with Crippen LogP contribution in [0.25, 0.3) is 0 Å². The number of aryl methyl sites for hydroxylation is 1. The van der Waals surface area contributed by atoms with Gasteiger partial charge in [0.25, 0.3) is 0 Å². The van der Waals surface area contributed by atoms with E-state index in [-0.39, 0.29) is 5.95 Å². The third kappa shape index (κ3) is 3.28. The molecule has 1 aromatic heterocycles. The molecule has 0 saturated heterocycles. The van der Waals surface area contributed by atoms with Gasteiger partial charge in [0.1, 0.15) is 17.4 Å². The van der Waals surface area contributed by atoms with Crippen LogP contribution in [0.15, 0.2) is 24.3 Å².